The van der Waals surface area contributed by atoms with Gasteiger partial charge in [-0.3, -0.25) is 14.4 Å². The number of benzene rings is 2. The molecular formula is C36H44F2N6O7Si. The lowest BCUT2D eigenvalue weighted by Gasteiger charge is -2.17. The number of aromatic nitrogens is 3. The predicted octanol–water partition coefficient (Wildman–Crippen LogP) is 5.42. The third kappa shape index (κ3) is 11.1. The highest BCUT2D eigenvalue weighted by Crippen LogP contribution is 2.28. The minimum atomic E-state index is -1.42. The van der Waals surface area contributed by atoms with E-state index in [0.717, 1.165) is 18.2 Å². The molecule has 3 N–H and O–H groups in total. The number of carboxylic acid groups (broad SMARTS) is 1. The first kappa shape index (κ1) is 39.4. The second-order valence-electron chi connectivity index (χ2n) is 13.5. The lowest BCUT2D eigenvalue weighted by Crippen LogP contribution is -2.44. The number of anilines is 1. The fourth-order valence-electron chi connectivity index (χ4n) is 5.02. The Morgan fingerprint density at radius 2 is 1.87 bits per heavy atom. The van der Waals surface area contributed by atoms with Gasteiger partial charge in [-0.05, 0) is 61.4 Å². The molecule has 0 aliphatic carbocycles. The molecule has 3 amide bonds. The van der Waals surface area contributed by atoms with Crippen LogP contribution in [0.1, 0.15) is 24.2 Å². The molecule has 0 bridgehead atoms. The van der Waals surface area contributed by atoms with E-state index in [1.54, 1.807) is 38.4 Å². The molecule has 1 atom stereocenters. The van der Waals surface area contributed by atoms with E-state index < -0.39 is 43.3 Å². The highest BCUT2D eigenvalue weighted by molar-refractivity contribution is 6.76. The summed E-state index contributed by atoms with van der Waals surface area (Å²) in [4.78, 5) is 56.2. The van der Waals surface area contributed by atoms with Gasteiger partial charge in [-0.15, -0.1) is 0 Å². The Morgan fingerprint density at radius 3 is 2.56 bits per heavy atom. The molecule has 0 saturated heterocycles. The SMILES string of the molecule is CN(C)C(=O)C=CCCC(NC(=O)O)C(=O)Nc1cccn(Cc2nc3c(OCc4ccc(F)cc4F)cccc3n2COCC[Si](C)(C)C)c1=O. The summed E-state index contributed by atoms with van der Waals surface area (Å²) in [5.41, 5.74) is 0.594. The summed E-state index contributed by atoms with van der Waals surface area (Å²) in [5, 5.41) is 14.0. The van der Waals surface area contributed by atoms with Crippen LogP contribution in [0.15, 0.2) is 71.7 Å². The molecule has 0 saturated carbocycles. The number of hydrogen-bond acceptors (Lipinski definition) is 7. The molecular weight excluding hydrogens is 695 g/mol. The third-order valence-electron chi connectivity index (χ3n) is 7.96. The normalized spacial score (nSPS) is 12.2. The maximum absolute atomic E-state index is 14.3. The smallest absolute Gasteiger partial charge is 0.405 e. The number of carbonyl (C=O) groups excluding carboxylic acids is 2. The molecule has 2 aromatic carbocycles. The largest absolute Gasteiger partial charge is 0.486 e. The zero-order chi connectivity index (χ0) is 38.0. The van der Waals surface area contributed by atoms with Gasteiger partial charge < -0.3 is 39.2 Å². The number of hydrogen-bond donors (Lipinski definition) is 3. The Kier molecular flexibility index (Phi) is 13.4. The first-order chi connectivity index (χ1) is 24.6. The number of carbonyl (C=O) groups is 3. The molecule has 0 spiro atoms. The molecule has 0 radical (unpaired) electrons. The van der Waals surface area contributed by atoms with E-state index in [1.165, 1.54) is 33.9 Å². The van der Waals surface area contributed by atoms with Crippen LogP contribution in [-0.4, -0.2) is 76.9 Å². The van der Waals surface area contributed by atoms with Crippen LogP contribution < -0.4 is 20.9 Å². The number of halogens is 2. The van der Waals surface area contributed by atoms with Gasteiger partial charge in [-0.2, -0.15) is 0 Å². The molecule has 1 unspecified atom stereocenters. The summed E-state index contributed by atoms with van der Waals surface area (Å²) >= 11 is 0. The number of pyridine rings is 1. The molecule has 52 heavy (non-hydrogen) atoms. The fraction of sp³-hybridized carbons (Fsp3) is 0.361. The second-order valence-corrected chi connectivity index (χ2v) is 19.1. The van der Waals surface area contributed by atoms with Crippen LogP contribution in [0.2, 0.25) is 25.7 Å². The Bertz CT molecular complexity index is 1990. The van der Waals surface area contributed by atoms with Crippen molar-refractivity contribution >= 4 is 42.7 Å². The van der Waals surface area contributed by atoms with Gasteiger partial charge in [0, 0.05) is 46.6 Å². The van der Waals surface area contributed by atoms with Crippen LogP contribution in [-0.2, 0) is 34.2 Å². The van der Waals surface area contributed by atoms with Crippen molar-refractivity contribution in [2.45, 2.75) is 64.5 Å². The topological polar surface area (TPSA) is 157 Å². The molecule has 4 rings (SSSR count). The summed E-state index contributed by atoms with van der Waals surface area (Å²) in [7, 11) is 1.79. The summed E-state index contributed by atoms with van der Waals surface area (Å²) < 4.78 is 43.0. The molecule has 0 aliphatic heterocycles. The molecule has 0 fully saturated rings. The minimum absolute atomic E-state index is 0.0380. The van der Waals surface area contributed by atoms with Crippen LogP contribution in [0.5, 0.6) is 5.75 Å². The number of fused-ring (bicyclic) bond motifs is 1. The van der Waals surface area contributed by atoms with Gasteiger partial charge in [0.1, 0.15) is 53.8 Å². The number of imidazole rings is 1. The molecule has 2 heterocycles. The zero-order valence-corrected chi connectivity index (χ0v) is 30.8. The van der Waals surface area contributed by atoms with Crippen molar-refractivity contribution in [2.24, 2.45) is 0 Å². The van der Waals surface area contributed by atoms with Crippen LogP contribution in [0.25, 0.3) is 11.0 Å². The van der Waals surface area contributed by atoms with E-state index >= 15 is 0 Å². The van der Waals surface area contributed by atoms with Gasteiger partial charge in [0.15, 0.2) is 0 Å². The van der Waals surface area contributed by atoms with E-state index in [4.69, 9.17) is 14.5 Å². The number of allylic oxidation sites excluding steroid dienone is 1. The van der Waals surface area contributed by atoms with Crippen molar-refractivity contribution in [1.29, 1.82) is 0 Å². The van der Waals surface area contributed by atoms with Crippen LogP contribution in [0.3, 0.4) is 0 Å². The third-order valence-corrected chi connectivity index (χ3v) is 9.67. The summed E-state index contributed by atoms with van der Waals surface area (Å²) in [6.45, 7) is 7.15. The molecule has 0 aliphatic rings. The number of likely N-dealkylation sites (N-methyl/N-ethyl adjacent to an activating group) is 1. The number of nitrogens with zero attached hydrogens (tertiary/aromatic N) is 4. The lowest BCUT2D eigenvalue weighted by molar-refractivity contribution is -0.123. The van der Waals surface area contributed by atoms with Crippen LogP contribution in [0.4, 0.5) is 19.3 Å². The summed E-state index contributed by atoms with van der Waals surface area (Å²) in [5.74, 6) is -1.66. The van der Waals surface area contributed by atoms with E-state index in [1.807, 2.05) is 10.6 Å². The summed E-state index contributed by atoms with van der Waals surface area (Å²) in [6.07, 6.45) is 3.24. The number of para-hydroxylation sites is 1. The van der Waals surface area contributed by atoms with E-state index in [0.29, 0.717) is 29.2 Å². The average Bonchev–Trinajstić information content (AvgIpc) is 3.42. The van der Waals surface area contributed by atoms with Gasteiger partial charge in [-0.1, -0.05) is 31.8 Å². The van der Waals surface area contributed by atoms with Crippen molar-refractivity contribution in [3.63, 3.8) is 0 Å². The number of rotatable bonds is 17. The number of amides is 3. The second kappa shape index (κ2) is 17.7. The van der Waals surface area contributed by atoms with E-state index in [-0.39, 0.29) is 49.9 Å². The number of nitrogens with one attached hydrogen (secondary N) is 2. The van der Waals surface area contributed by atoms with Gasteiger partial charge in [-0.25, -0.2) is 18.6 Å². The predicted molar refractivity (Wildman–Crippen MR) is 195 cm³/mol. The quantitative estimate of drug-likeness (QED) is 0.0737. The fourth-order valence-corrected chi connectivity index (χ4v) is 5.78. The van der Waals surface area contributed by atoms with Crippen molar-refractivity contribution in [1.82, 2.24) is 24.3 Å². The Morgan fingerprint density at radius 1 is 1.10 bits per heavy atom. The minimum Gasteiger partial charge on any atom is -0.486 e. The van der Waals surface area contributed by atoms with E-state index in [9.17, 15) is 33.1 Å². The van der Waals surface area contributed by atoms with Gasteiger partial charge >= 0.3 is 6.09 Å². The van der Waals surface area contributed by atoms with Crippen molar-refractivity contribution in [2.75, 3.05) is 26.0 Å². The van der Waals surface area contributed by atoms with Gasteiger partial charge in [0.25, 0.3) is 5.56 Å². The molecule has 278 valence electrons. The van der Waals surface area contributed by atoms with E-state index in [2.05, 4.69) is 30.3 Å². The molecule has 13 nitrogen and oxygen atoms in total. The Labute approximate surface area is 300 Å². The molecule has 16 heteroatoms. The highest BCUT2D eigenvalue weighted by atomic mass is 28.3. The Balaban J connectivity index is 1.60. The lowest BCUT2D eigenvalue weighted by atomic mass is 10.1. The van der Waals surface area contributed by atoms with Crippen molar-refractivity contribution in [3.05, 3.63) is 100 Å². The maximum Gasteiger partial charge on any atom is 0.405 e. The Hall–Kier alpha value is -5.35. The highest BCUT2D eigenvalue weighted by Gasteiger charge is 2.22. The van der Waals surface area contributed by atoms with Gasteiger partial charge in [0.05, 0.1) is 12.1 Å². The van der Waals surface area contributed by atoms with Crippen LogP contribution in [0, 0.1) is 11.6 Å². The summed E-state index contributed by atoms with van der Waals surface area (Å²) in [6, 6.07) is 11.2. The monoisotopic (exact) mass is 738 g/mol. The zero-order valence-electron chi connectivity index (χ0n) is 29.8. The first-order valence-corrected chi connectivity index (χ1v) is 20.3. The standard InChI is InChI=1S/C36H44F2N6O7Si/c1-42(2)32(45)14-7-6-10-27(40-36(48)49)34(46)39-28-11-9-17-43(35(28)47)21-31-41-33-29(44(31)23-50-18-19-52(3,4)5)12-8-13-30(33)51-22-24-15-16-25(37)20-26(24)38/h7-9,11-17,20,27,40H,6,10,18-19,21-23H2,1-5H3,(H,39,46)(H,48,49). The van der Waals surface area contributed by atoms with Gasteiger partial charge in [0.2, 0.25) is 11.8 Å². The maximum atomic E-state index is 14.3. The molecule has 4 aromatic rings. The first-order valence-electron chi connectivity index (χ1n) is 16.6. The average molecular weight is 739 g/mol. The van der Waals surface area contributed by atoms with Crippen LogP contribution >= 0.6 is 0 Å². The molecule has 2 aromatic heterocycles. The van der Waals surface area contributed by atoms with Crippen molar-refractivity contribution < 1.29 is 37.7 Å². The number of ether oxygens (including phenoxy) is 2. The van der Waals surface area contributed by atoms with Crippen molar-refractivity contribution in [3.8, 4) is 5.75 Å².